The molecule has 6 heterocycles. The van der Waals surface area contributed by atoms with E-state index in [0.29, 0.717) is 19.6 Å². The summed E-state index contributed by atoms with van der Waals surface area (Å²) < 4.78 is 19.7. The van der Waals surface area contributed by atoms with E-state index in [2.05, 4.69) is 35.7 Å². The minimum absolute atomic E-state index is 0.0145. The summed E-state index contributed by atoms with van der Waals surface area (Å²) in [6, 6.07) is 3.39. The van der Waals surface area contributed by atoms with E-state index >= 15 is 0 Å². The van der Waals surface area contributed by atoms with Gasteiger partial charge in [0.2, 0.25) is 0 Å². The molecule has 0 aromatic carbocycles. The van der Waals surface area contributed by atoms with Gasteiger partial charge in [-0.1, -0.05) is 97.8 Å². The van der Waals surface area contributed by atoms with Gasteiger partial charge >= 0.3 is 17.1 Å². The number of hydrogen-bond donors (Lipinski definition) is 12. The number of hydrogen-bond acceptors (Lipinski definition) is 21. The molecule has 3 aliphatic rings. The number of H-pyrrole nitrogens is 3. The average Bonchev–Trinajstić information content (AvgIpc) is 3.91. The molecule has 0 bridgehead atoms. The minimum Gasteiger partial charge on any atom is -0.387 e. The second-order valence-corrected chi connectivity index (χ2v) is 19.2. The molecule has 3 aromatic heterocycles. The first-order valence-corrected chi connectivity index (χ1v) is 26.1. The summed E-state index contributed by atoms with van der Waals surface area (Å²) in [5, 5.41) is 93.8. The number of ether oxygens (including phenoxy) is 3. The van der Waals surface area contributed by atoms with Crippen LogP contribution in [0, 0.1) is 0 Å². The van der Waals surface area contributed by atoms with Gasteiger partial charge < -0.3 is 60.5 Å². The lowest BCUT2D eigenvalue weighted by molar-refractivity contribution is -0.137. The predicted octanol–water partition coefficient (Wildman–Crippen LogP) is -0.548. The fraction of sp³-hybridized carbons (Fsp3) is 0.750. The zero-order chi connectivity index (χ0) is 55.2. The predicted molar refractivity (Wildman–Crippen MR) is 268 cm³/mol. The second-order valence-electron chi connectivity index (χ2n) is 19.2. The fourth-order valence-electron chi connectivity index (χ4n) is 8.80. The van der Waals surface area contributed by atoms with Gasteiger partial charge in [-0.15, -0.1) is 0 Å². The summed E-state index contributed by atoms with van der Waals surface area (Å²) >= 11 is 0. The molecule has 27 heteroatoms. The molecule has 0 amide bonds. The standard InChI is InChI=1S/3C16H27N3O6/c3*1-2-3-4-5-6-8-18(24)10-11-13(21)14(22)15(25-11)19-9-7-12(20)17-16(19)23/h3*7,9,11,13-15,21-22,24H,2-6,8,10H2,1H3,(H,17,20,23)/t3*11-,13-,14-,15-/m111/s1. The van der Waals surface area contributed by atoms with Crippen molar-refractivity contribution in [2.75, 3.05) is 39.3 Å². The molecule has 3 fully saturated rings. The van der Waals surface area contributed by atoms with Crippen molar-refractivity contribution in [3.05, 3.63) is 99.3 Å². The third-order valence-electron chi connectivity index (χ3n) is 13.1. The number of aliphatic hydroxyl groups excluding tert-OH is 6. The third kappa shape index (κ3) is 19.4. The van der Waals surface area contributed by atoms with Crippen LogP contribution in [-0.4, -0.2) is 184 Å². The number of rotatable bonds is 27. The highest BCUT2D eigenvalue weighted by Gasteiger charge is 2.47. The molecule has 3 aromatic rings. The molecule has 3 saturated heterocycles. The lowest BCUT2D eigenvalue weighted by Crippen LogP contribution is -2.39. The van der Waals surface area contributed by atoms with Crippen molar-refractivity contribution in [2.45, 2.75) is 191 Å². The van der Waals surface area contributed by atoms with Crippen molar-refractivity contribution in [1.29, 1.82) is 0 Å². The van der Waals surface area contributed by atoms with Crippen LogP contribution in [0.25, 0.3) is 0 Å². The van der Waals surface area contributed by atoms with E-state index in [4.69, 9.17) is 14.2 Å². The first kappa shape index (κ1) is 63.0. The molecular weight excluding hydrogens is 991 g/mol. The molecule has 0 aliphatic carbocycles. The van der Waals surface area contributed by atoms with Gasteiger partial charge in [0.15, 0.2) is 18.7 Å². The van der Waals surface area contributed by atoms with Gasteiger partial charge in [0.25, 0.3) is 16.7 Å². The first-order chi connectivity index (χ1) is 35.8. The van der Waals surface area contributed by atoms with Crippen LogP contribution in [0.15, 0.2) is 65.6 Å². The van der Waals surface area contributed by atoms with Gasteiger partial charge in [0, 0.05) is 56.4 Å². The maximum atomic E-state index is 11.8. The Balaban J connectivity index is 0.000000243. The van der Waals surface area contributed by atoms with E-state index in [1.54, 1.807) is 0 Å². The smallest absolute Gasteiger partial charge is 0.330 e. The molecule has 12 N–H and O–H groups in total. The summed E-state index contributed by atoms with van der Waals surface area (Å²) in [5.74, 6) is 0. The third-order valence-corrected chi connectivity index (χ3v) is 13.1. The molecule has 0 radical (unpaired) electrons. The number of unbranched alkanes of at least 4 members (excludes halogenated alkanes) is 12. The first-order valence-electron chi connectivity index (χ1n) is 26.1. The topological polar surface area (TPSA) is 384 Å². The van der Waals surface area contributed by atoms with Crippen molar-refractivity contribution >= 4 is 0 Å². The van der Waals surface area contributed by atoms with Crippen LogP contribution in [0.3, 0.4) is 0 Å². The molecular formula is C48H81N9O18. The van der Waals surface area contributed by atoms with Crippen LogP contribution in [0.5, 0.6) is 0 Å². The van der Waals surface area contributed by atoms with Crippen molar-refractivity contribution < 1.29 is 60.5 Å². The maximum Gasteiger partial charge on any atom is 0.330 e. The Morgan fingerprint density at radius 1 is 0.400 bits per heavy atom. The highest BCUT2D eigenvalue weighted by Crippen LogP contribution is 2.31. The largest absolute Gasteiger partial charge is 0.387 e. The lowest BCUT2D eigenvalue weighted by atomic mass is 10.1. The zero-order valence-corrected chi connectivity index (χ0v) is 43.1. The summed E-state index contributed by atoms with van der Waals surface area (Å²) in [6.07, 6.45) is 5.70. The van der Waals surface area contributed by atoms with E-state index in [0.717, 1.165) is 143 Å². The van der Waals surface area contributed by atoms with Gasteiger partial charge in [0.1, 0.15) is 54.9 Å². The summed E-state index contributed by atoms with van der Waals surface area (Å²) in [5.41, 5.74) is -3.88. The molecule has 426 valence electrons. The average molecular weight is 1070 g/mol. The van der Waals surface area contributed by atoms with E-state index in [9.17, 15) is 75.0 Å². The van der Waals surface area contributed by atoms with Gasteiger partial charge in [-0.2, -0.15) is 15.2 Å². The normalized spacial score (nSPS) is 26.4. The Morgan fingerprint density at radius 3 is 0.867 bits per heavy atom. The van der Waals surface area contributed by atoms with Crippen molar-refractivity contribution in [3.8, 4) is 0 Å². The summed E-state index contributed by atoms with van der Waals surface area (Å²) in [6.45, 7) is 7.76. The lowest BCUT2D eigenvalue weighted by Gasteiger charge is -2.21. The van der Waals surface area contributed by atoms with Crippen LogP contribution < -0.4 is 33.7 Å². The Kier molecular flexibility index (Phi) is 27.1. The van der Waals surface area contributed by atoms with Crippen LogP contribution in [-0.2, 0) is 14.2 Å². The van der Waals surface area contributed by atoms with E-state index in [1.165, 1.54) is 18.6 Å². The highest BCUT2D eigenvalue weighted by atomic mass is 16.6. The molecule has 3 aliphatic heterocycles. The molecule has 75 heavy (non-hydrogen) atoms. The fourth-order valence-corrected chi connectivity index (χ4v) is 8.80. The second kappa shape index (κ2) is 32.2. The minimum atomic E-state index is -1.34. The number of aromatic nitrogens is 6. The van der Waals surface area contributed by atoms with Crippen molar-refractivity contribution in [2.24, 2.45) is 0 Å². The molecule has 6 rings (SSSR count). The van der Waals surface area contributed by atoms with E-state index < -0.39 is 107 Å². The highest BCUT2D eigenvalue weighted by molar-refractivity contribution is 4.96. The Bertz CT molecular complexity index is 2200. The Labute approximate surface area is 432 Å². The van der Waals surface area contributed by atoms with E-state index in [1.807, 2.05) is 0 Å². The van der Waals surface area contributed by atoms with Crippen molar-refractivity contribution in [1.82, 2.24) is 43.8 Å². The van der Waals surface area contributed by atoms with Crippen LogP contribution in [0.4, 0.5) is 0 Å². The van der Waals surface area contributed by atoms with Gasteiger partial charge in [-0.05, 0) is 19.3 Å². The number of nitrogens with one attached hydrogen (secondary N) is 3. The van der Waals surface area contributed by atoms with Crippen LogP contribution >= 0.6 is 0 Å². The molecule has 27 nitrogen and oxygen atoms in total. The SMILES string of the molecule is CCCCCCCN(O)C[C@H]1O[C@@H](n2ccc(=O)[nH]c2=O)[C@H](O)[C@@H]1O.CCCCCCCN(O)C[C@H]1O[C@@H](n2ccc(=O)[nH]c2=O)[C@H](O)[C@@H]1O.CCCCCCCN(O)C[C@H]1O[C@@H](n2ccc(=O)[nH]c2=O)[C@H](O)[C@@H]1O. The van der Waals surface area contributed by atoms with Crippen LogP contribution in [0.2, 0.25) is 0 Å². The number of hydroxylamine groups is 6. The summed E-state index contributed by atoms with van der Waals surface area (Å²) in [4.78, 5) is 75.0. The molecule has 12 atom stereocenters. The van der Waals surface area contributed by atoms with Crippen molar-refractivity contribution in [3.63, 3.8) is 0 Å². The number of nitrogens with zero attached hydrogens (tertiary/aromatic N) is 6. The number of aliphatic hydroxyl groups is 6. The van der Waals surface area contributed by atoms with Gasteiger partial charge in [-0.25, -0.2) is 14.4 Å². The van der Waals surface area contributed by atoms with Gasteiger partial charge in [-0.3, -0.25) is 43.0 Å². The van der Waals surface area contributed by atoms with Gasteiger partial charge in [0.05, 0.1) is 19.6 Å². The summed E-state index contributed by atoms with van der Waals surface area (Å²) in [7, 11) is 0. The maximum absolute atomic E-state index is 11.8. The quantitative estimate of drug-likeness (QED) is 0.0337. The Hall–Kier alpha value is -4.56. The number of aromatic amines is 3. The Morgan fingerprint density at radius 2 is 0.640 bits per heavy atom. The van der Waals surface area contributed by atoms with E-state index in [-0.39, 0.29) is 19.6 Å². The zero-order valence-electron chi connectivity index (χ0n) is 43.1. The van der Waals surface area contributed by atoms with Crippen LogP contribution in [0.1, 0.15) is 136 Å². The molecule has 0 saturated carbocycles. The molecule has 0 unspecified atom stereocenters. The molecule has 0 spiro atoms. The monoisotopic (exact) mass is 1070 g/mol.